The van der Waals surface area contributed by atoms with Gasteiger partial charge in [0, 0.05) is 31.7 Å². The molecule has 142 valence electrons. The number of guanidine groups is 1. The lowest BCUT2D eigenvalue weighted by Crippen LogP contribution is -2.56. The van der Waals surface area contributed by atoms with E-state index in [1.165, 1.54) is 11.1 Å². The van der Waals surface area contributed by atoms with Crippen molar-refractivity contribution in [3.05, 3.63) is 35.4 Å². The molecule has 1 aliphatic rings. The minimum atomic E-state index is 0. The van der Waals surface area contributed by atoms with Crippen LogP contribution in [0.5, 0.6) is 0 Å². The number of halogens is 1. The van der Waals surface area contributed by atoms with Crippen molar-refractivity contribution in [1.29, 1.82) is 0 Å². The minimum Gasteiger partial charge on any atom is -0.379 e. The molecule has 1 fully saturated rings. The van der Waals surface area contributed by atoms with Gasteiger partial charge in [0.15, 0.2) is 5.96 Å². The predicted octanol–water partition coefficient (Wildman–Crippen LogP) is 2.78. The van der Waals surface area contributed by atoms with Crippen LogP contribution in [-0.2, 0) is 11.3 Å². The molecule has 0 unspecified atom stereocenters. The fraction of sp³-hybridized carbons (Fsp3) is 0.632. The van der Waals surface area contributed by atoms with Crippen LogP contribution < -0.4 is 10.6 Å². The van der Waals surface area contributed by atoms with Gasteiger partial charge in [-0.15, -0.1) is 24.0 Å². The third-order valence-corrected chi connectivity index (χ3v) is 4.40. The van der Waals surface area contributed by atoms with Gasteiger partial charge in [-0.3, -0.25) is 4.90 Å². The van der Waals surface area contributed by atoms with Crippen LogP contribution in [0.25, 0.3) is 0 Å². The van der Waals surface area contributed by atoms with Crippen molar-refractivity contribution < 1.29 is 4.74 Å². The first-order valence-corrected chi connectivity index (χ1v) is 8.92. The highest BCUT2D eigenvalue weighted by atomic mass is 127. The van der Waals surface area contributed by atoms with Crippen molar-refractivity contribution in [3.63, 3.8) is 0 Å². The largest absolute Gasteiger partial charge is 0.379 e. The average Bonchev–Trinajstić information content (AvgIpc) is 2.58. The Bertz CT molecular complexity index is 542. The highest BCUT2D eigenvalue weighted by molar-refractivity contribution is 14.0. The zero-order chi connectivity index (χ0) is 17.4. The number of nitrogens with one attached hydrogen (secondary N) is 2. The molecule has 1 saturated heterocycles. The highest BCUT2D eigenvalue weighted by Gasteiger charge is 2.28. The first-order chi connectivity index (χ1) is 11.5. The van der Waals surface area contributed by atoms with E-state index in [0.29, 0.717) is 6.54 Å². The molecule has 6 heteroatoms. The fourth-order valence-corrected chi connectivity index (χ4v) is 2.90. The molecule has 0 bridgehead atoms. The smallest absolute Gasteiger partial charge is 0.191 e. The van der Waals surface area contributed by atoms with Crippen LogP contribution >= 0.6 is 24.0 Å². The normalized spacial score (nSPS) is 16.2. The van der Waals surface area contributed by atoms with Crippen LogP contribution in [0, 0.1) is 6.92 Å². The summed E-state index contributed by atoms with van der Waals surface area (Å²) in [5, 5.41) is 6.84. The van der Waals surface area contributed by atoms with Gasteiger partial charge in [-0.2, -0.15) is 0 Å². The van der Waals surface area contributed by atoms with E-state index in [-0.39, 0.29) is 29.5 Å². The van der Waals surface area contributed by atoms with Crippen LogP contribution in [0.2, 0.25) is 0 Å². The van der Waals surface area contributed by atoms with Crippen molar-refractivity contribution >= 4 is 29.9 Å². The Morgan fingerprint density at radius 2 is 1.96 bits per heavy atom. The lowest BCUT2D eigenvalue weighted by atomic mass is 10.0. The van der Waals surface area contributed by atoms with E-state index < -0.39 is 0 Å². The monoisotopic (exact) mass is 460 g/mol. The van der Waals surface area contributed by atoms with Crippen molar-refractivity contribution in [1.82, 2.24) is 15.5 Å². The Hall–Kier alpha value is -0.860. The number of ether oxygens (including phenoxy) is 1. The van der Waals surface area contributed by atoms with Gasteiger partial charge in [0.05, 0.1) is 19.8 Å². The quantitative estimate of drug-likeness (QED) is 0.390. The second-order valence-electron chi connectivity index (χ2n) is 6.95. The van der Waals surface area contributed by atoms with E-state index in [0.717, 1.165) is 45.4 Å². The second kappa shape index (κ2) is 11.0. The van der Waals surface area contributed by atoms with Gasteiger partial charge in [0.1, 0.15) is 0 Å². The van der Waals surface area contributed by atoms with E-state index in [1.807, 2.05) is 0 Å². The minimum absolute atomic E-state index is 0. The number of hydrogen-bond donors (Lipinski definition) is 2. The van der Waals surface area contributed by atoms with E-state index >= 15 is 0 Å². The standard InChI is InChI=1S/C19H32N4O.HI/c1-5-20-18(21-14-17-8-6-7-16(2)13-17)22-15-19(3,4)23-9-11-24-12-10-23;/h6-8,13H,5,9-12,14-15H2,1-4H3,(H2,20,21,22);1H. The van der Waals surface area contributed by atoms with E-state index in [4.69, 9.17) is 9.73 Å². The van der Waals surface area contributed by atoms with Gasteiger partial charge in [-0.1, -0.05) is 29.8 Å². The number of hydrogen-bond acceptors (Lipinski definition) is 3. The van der Waals surface area contributed by atoms with Crippen LogP contribution in [-0.4, -0.2) is 55.8 Å². The maximum atomic E-state index is 5.46. The van der Waals surface area contributed by atoms with E-state index in [9.17, 15) is 0 Å². The average molecular weight is 460 g/mol. The maximum Gasteiger partial charge on any atom is 0.191 e. The summed E-state index contributed by atoms with van der Waals surface area (Å²) < 4.78 is 5.46. The predicted molar refractivity (Wildman–Crippen MR) is 116 cm³/mol. The molecule has 25 heavy (non-hydrogen) atoms. The molecule has 0 spiro atoms. The number of aryl methyl sites for hydroxylation is 1. The Morgan fingerprint density at radius 1 is 1.24 bits per heavy atom. The van der Waals surface area contributed by atoms with Gasteiger partial charge in [-0.05, 0) is 33.3 Å². The summed E-state index contributed by atoms with van der Waals surface area (Å²) in [6.45, 7) is 14.8. The van der Waals surface area contributed by atoms with Crippen molar-refractivity contribution in [2.45, 2.75) is 39.8 Å². The molecule has 0 radical (unpaired) electrons. The Labute approximate surface area is 169 Å². The lowest BCUT2D eigenvalue weighted by Gasteiger charge is -2.41. The van der Waals surface area contributed by atoms with Gasteiger partial charge >= 0.3 is 0 Å². The van der Waals surface area contributed by atoms with E-state index in [1.54, 1.807) is 0 Å². The zero-order valence-corrected chi connectivity index (χ0v) is 18.3. The molecule has 1 aromatic carbocycles. The first-order valence-electron chi connectivity index (χ1n) is 8.92. The van der Waals surface area contributed by atoms with Gasteiger partial charge in [0.2, 0.25) is 0 Å². The van der Waals surface area contributed by atoms with E-state index in [2.05, 4.69) is 67.5 Å². The van der Waals surface area contributed by atoms with Crippen LogP contribution in [0.15, 0.2) is 29.3 Å². The Morgan fingerprint density at radius 3 is 2.60 bits per heavy atom. The van der Waals surface area contributed by atoms with Crippen LogP contribution in [0.3, 0.4) is 0 Å². The molecule has 0 aromatic heterocycles. The molecule has 0 saturated carbocycles. The zero-order valence-electron chi connectivity index (χ0n) is 16.0. The summed E-state index contributed by atoms with van der Waals surface area (Å²) in [4.78, 5) is 7.20. The molecule has 1 heterocycles. The van der Waals surface area contributed by atoms with Crippen molar-refractivity contribution in [2.75, 3.05) is 39.4 Å². The first kappa shape index (κ1) is 22.2. The Balaban J connectivity index is 0.00000312. The third-order valence-electron chi connectivity index (χ3n) is 4.40. The molecule has 1 aliphatic heterocycles. The summed E-state index contributed by atoms with van der Waals surface area (Å²) in [6.07, 6.45) is 0. The molecule has 2 N–H and O–H groups in total. The van der Waals surface area contributed by atoms with Crippen LogP contribution in [0.1, 0.15) is 31.9 Å². The van der Waals surface area contributed by atoms with Crippen molar-refractivity contribution in [2.24, 2.45) is 4.99 Å². The van der Waals surface area contributed by atoms with Crippen molar-refractivity contribution in [3.8, 4) is 0 Å². The Kier molecular flexibility index (Phi) is 9.74. The molecule has 5 nitrogen and oxygen atoms in total. The maximum absolute atomic E-state index is 5.46. The van der Waals surface area contributed by atoms with Gasteiger partial charge < -0.3 is 15.4 Å². The van der Waals surface area contributed by atoms with Gasteiger partial charge in [0.25, 0.3) is 0 Å². The van der Waals surface area contributed by atoms with Gasteiger partial charge in [-0.25, -0.2) is 4.99 Å². The molecule has 0 amide bonds. The molecule has 1 aromatic rings. The summed E-state index contributed by atoms with van der Waals surface area (Å²) in [5.41, 5.74) is 2.58. The highest BCUT2D eigenvalue weighted by Crippen LogP contribution is 2.15. The number of nitrogens with zero attached hydrogens (tertiary/aromatic N) is 2. The third kappa shape index (κ3) is 7.50. The molecular formula is C19H33IN4O. The fourth-order valence-electron chi connectivity index (χ4n) is 2.90. The topological polar surface area (TPSA) is 48.9 Å². The number of aliphatic imine (C=N–C) groups is 1. The molecular weight excluding hydrogens is 427 g/mol. The summed E-state index contributed by atoms with van der Waals surface area (Å²) in [5.74, 6) is 0.875. The number of benzene rings is 1. The summed E-state index contributed by atoms with van der Waals surface area (Å²) >= 11 is 0. The molecule has 0 aliphatic carbocycles. The SMILES string of the molecule is CCNC(=NCc1cccc(C)c1)NCC(C)(C)N1CCOCC1.I. The summed E-state index contributed by atoms with van der Waals surface area (Å²) in [6, 6.07) is 8.51. The molecule has 0 atom stereocenters. The number of rotatable bonds is 6. The lowest BCUT2D eigenvalue weighted by molar-refractivity contribution is -0.00834. The number of morpholine rings is 1. The molecule has 2 rings (SSSR count). The van der Waals surface area contributed by atoms with Crippen LogP contribution in [0.4, 0.5) is 0 Å². The summed E-state index contributed by atoms with van der Waals surface area (Å²) in [7, 11) is 0. The second-order valence-corrected chi connectivity index (χ2v) is 6.95.